The van der Waals surface area contributed by atoms with Gasteiger partial charge in [-0.2, -0.15) is 0 Å². The third kappa shape index (κ3) is 5.73. The minimum atomic E-state index is -0.105. The zero-order valence-electron chi connectivity index (χ0n) is 19.8. The van der Waals surface area contributed by atoms with Crippen LogP contribution >= 0.6 is 11.3 Å². The number of nitrogens with zero attached hydrogens (tertiary/aromatic N) is 3. The molecule has 1 aliphatic heterocycles. The molecular formula is C27H29N3O4S. The van der Waals surface area contributed by atoms with Crippen LogP contribution in [0.3, 0.4) is 0 Å². The smallest absolute Gasteiger partial charge is 0.266 e. The summed E-state index contributed by atoms with van der Waals surface area (Å²) in [6, 6.07) is 19.8. The molecule has 0 N–H and O–H groups in total. The summed E-state index contributed by atoms with van der Waals surface area (Å²) < 4.78 is 17.7. The van der Waals surface area contributed by atoms with E-state index in [0.717, 1.165) is 66.0 Å². The van der Waals surface area contributed by atoms with Gasteiger partial charge in [0.1, 0.15) is 11.5 Å². The van der Waals surface area contributed by atoms with Gasteiger partial charge in [-0.1, -0.05) is 41.7 Å². The third-order valence-electron chi connectivity index (χ3n) is 6.16. The molecule has 4 aromatic rings. The van der Waals surface area contributed by atoms with Crippen LogP contribution in [0.15, 0.2) is 60.7 Å². The molecule has 3 aromatic carbocycles. The summed E-state index contributed by atoms with van der Waals surface area (Å²) >= 11 is 1.50. The largest absolute Gasteiger partial charge is 0.497 e. The first-order valence-electron chi connectivity index (χ1n) is 11.9. The van der Waals surface area contributed by atoms with E-state index in [4.69, 9.17) is 19.2 Å². The maximum atomic E-state index is 13.4. The molecule has 0 atom stereocenters. The molecule has 1 aliphatic rings. The van der Waals surface area contributed by atoms with E-state index in [1.165, 1.54) is 11.3 Å². The maximum absolute atomic E-state index is 13.4. The number of fused-ring (bicyclic) bond motifs is 2. The number of thiazole rings is 1. The monoisotopic (exact) mass is 491 g/mol. The molecular weight excluding hydrogens is 462 g/mol. The fraction of sp³-hybridized carbons (Fsp3) is 0.333. The molecule has 1 saturated heterocycles. The molecule has 0 unspecified atom stereocenters. The number of anilines is 1. The van der Waals surface area contributed by atoms with Crippen LogP contribution in [0.5, 0.6) is 11.5 Å². The summed E-state index contributed by atoms with van der Waals surface area (Å²) in [7, 11) is 1.65. The molecule has 1 aromatic heterocycles. The minimum absolute atomic E-state index is 0.0465. The summed E-state index contributed by atoms with van der Waals surface area (Å²) in [5.41, 5.74) is 0.854. The number of rotatable bonds is 9. The number of amides is 1. The summed E-state index contributed by atoms with van der Waals surface area (Å²) in [4.78, 5) is 22.3. The van der Waals surface area contributed by atoms with Crippen LogP contribution < -0.4 is 14.4 Å². The number of hydrogen-bond acceptors (Lipinski definition) is 7. The van der Waals surface area contributed by atoms with Gasteiger partial charge in [0.05, 0.1) is 30.5 Å². The predicted molar refractivity (Wildman–Crippen MR) is 140 cm³/mol. The van der Waals surface area contributed by atoms with E-state index in [0.29, 0.717) is 17.4 Å². The highest BCUT2D eigenvalue weighted by Gasteiger charge is 2.21. The number of morpholine rings is 1. The number of methoxy groups -OCH3 is 1. The van der Waals surface area contributed by atoms with Crippen LogP contribution in [0, 0.1) is 0 Å². The van der Waals surface area contributed by atoms with Gasteiger partial charge in [0, 0.05) is 26.2 Å². The number of benzene rings is 3. The van der Waals surface area contributed by atoms with Crippen molar-refractivity contribution >= 4 is 43.4 Å². The van der Waals surface area contributed by atoms with Gasteiger partial charge in [-0.3, -0.25) is 14.6 Å². The Labute approximate surface area is 208 Å². The summed E-state index contributed by atoms with van der Waals surface area (Å²) in [6.45, 7) is 4.84. The molecule has 5 rings (SSSR count). The van der Waals surface area contributed by atoms with E-state index in [1.54, 1.807) is 12.0 Å². The Balaban J connectivity index is 1.31. The lowest BCUT2D eigenvalue weighted by atomic mass is 10.1. The summed E-state index contributed by atoms with van der Waals surface area (Å²) in [5.74, 6) is 1.35. The SMILES string of the molecule is COc1ccc2nc(N(CCCN3CCOCC3)C(=O)COc3ccc4ccccc4c3)sc2c1. The van der Waals surface area contributed by atoms with Crippen LogP contribution in [-0.4, -0.2) is 68.9 Å². The van der Waals surface area contributed by atoms with E-state index in [1.807, 2.05) is 54.6 Å². The van der Waals surface area contributed by atoms with Crippen molar-refractivity contribution in [1.82, 2.24) is 9.88 Å². The lowest BCUT2D eigenvalue weighted by Gasteiger charge is -2.27. The van der Waals surface area contributed by atoms with E-state index >= 15 is 0 Å². The third-order valence-corrected chi connectivity index (χ3v) is 7.20. The molecule has 1 amide bonds. The van der Waals surface area contributed by atoms with Crippen LogP contribution in [0.2, 0.25) is 0 Å². The number of ether oxygens (including phenoxy) is 3. The first-order valence-corrected chi connectivity index (χ1v) is 12.7. The lowest BCUT2D eigenvalue weighted by Crippen LogP contribution is -2.40. The van der Waals surface area contributed by atoms with Gasteiger partial charge >= 0.3 is 0 Å². The first-order chi connectivity index (χ1) is 17.2. The van der Waals surface area contributed by atoms with Crippen molar-refractivity contribution in [2.75, 3.05) is 58.0 Å². The molecule has 0 saturated carbocycles. The first kappa shape index (κ1) is 23.5. The van der Waals surface area contributed by atoms with E-state index in [-0.39, 0.29) is 12.5 Å². The molecule has 0 spiro atoms. The Hall–Kier alpha value is -3.20. The van der Waals surface area contributed by atoms with Crippen LogP contribution in [0.4, 0.5) is 5.13 Å². The van der Waals surface area contributed by atoms with Crippen molar-refractivity contribution in [2.24, 2.45) is 0 Å². The highest BCUT2D eigenvalue weighted by atomic mass is 32.1. The Bertz CT molecular complexity index is 1300. The molecule has 1 fully saturated rings. The molecule has 7 nitrogen and oxygen atoms in total. The highest BCUT2D eigenvalue weighted by Crippen LogP contribution is 2.32. The average molecular weight is 492 g/mol. The Kier molecular flexibility index (Phi) is 7.42. The van der Waals surface area contributed by atoms with Gasteiger partial charge in [-0.15, -0.1) is 0 Å². The quantitative estimate of drug-likeness (QED) is 0.341. The normalized spacial score (nSPS) is 14.3. The van der Waals surface area contributed by atoms with Gasteiger partial charge in [-0.25, -0.2) is 4.98 Å². The highest BCUT2D eigenvalue weighted by molar-refractivity contribution is 7.22. The molecule has 182 valence electrons. The second kappa shape index (κ2) is 11.0. The average Bonchev–Trinajstić information content (AvgIpc) is 3.33. The number of hydrogen-bond donors (Lipinski definition) is 0. The standard InChI is InChI=1S/C27H29N3O4S/c1-32-22-9-10-24-25(18-22)35-27(28-24)30(12-4-11-29-13-15-33-16-14-29)26(31)19-34-23-8-7-20-5-2-3-6-21(20)17-23/h2-3,5-10,17-18H,4,11-16,19H2,1H3. The Morgan fingerprint density at radius 2 is 1.86 bits per heavy atom. The number of aromatic nitrogens is 1. The molecule has 2 heterocycles. The second-order valence-corrected chi connectivity index (χ2v) is 9.49. The van der Waals surface area contributed by atoms with Gasteiger partial charge in [0.2, 0.25) is 0 Å². The van der Waals surface area contributed by atoms with Gasteiger partial charge in [-0.05, 0) is 47.5 Å². The fourth-order valence-electron chi connectivity index (χ4n) is 4.22. The van der Waals surface area contributed by atoms with E-state index in [2.05, 4.69) is 11.0 Å². The topological polar surface area (TPSA) is 64.1 Å². The Morgan fingerprint density at radius 1 is 1.06 bits per heavy atom. The van der Waals surface area contributed by atoms with Crippen molar-refractivity contribution < 1.29 is 19.0 Å². The second-order valence-electron chi connectivity index (χ2n) is 8.48. The molecule has 0 bridgehead atoms. The van der Waals surface area contributed by atoms with Gasteiger partial charge in [0.15, 0.2) is 11.7 Å². The van der Waals surface area contributed by atoms with Crippen molar-refractivity contribution in [3.05, 3.63) is 60.7 Å². The molecule has 35 heavy (non-hydrogen) atoms. The number of carbonyl (C=O) groups is 1. The predicted octanol–water partition coefficient (Wildman–Crippen LogP) is 4.59. The van der Waals surface area contributed by atoms with Crippen molar-refractivity contribution in [3.8, 4) is 11.5 Å². The molecule has 8 heteroatoms. The summed E-state index contributed by atoms with van der Waals surface area (Å²) in [5, 5.41) is 2.91. The van der Waals surface area contributed by atoms with Gasteiger partial charge < -0.3 is 14.2 Å². The van der Waals surface area contributed by atoms with Crippen LogP contribution in [-0.2, 0) is 9.53 Å². The van der Waals surface area contributed by atoms with Crippen LogP contribution in [0.25, 0.3) is 21.0 Å². The molecule has 0 radical (unpaired) electrons. The summed E-state index contributed by atoms with van der Waals surface area (Å²) in [6.07, 6.45) is 0.848. The van der Waals surface area contributed by atoms with Crippen molar-refractivity contribution in [1.29, 1.82) is 0 Å². The minimum Gasteiger partial charge on any atom is -0.497 e. The maximum Gasteiger partial charge on any atom is 0.266 e. The van der Waals surface area contributed by atoms with E-state index < -0.39 is 0 Å². The fourth-order valence-corrected chi connectivity index (χ4v) is 5.26. The van der Waals surface area contributed by atoms with Crippen LogP contribution in [0.1, 0.15) is 6.42 Å². The Morgan fingerprint density at radius 3 is 2.69 bits per heavy atom. The number of carbonyl (C=O) groups excluding carboxylic acids is 1. The zero-order valence-corrected chi connectivity index (χ0v) is 20.6. The zero-order chi connectivity index (χ0) is 24.0. The lowest BCUT2D eigenvalue weighted by molar-refractivity contribution is -0.120. The molecule has 0 aliphatic carbocycles. The van der Waals surface area contributed by atoms with Crippen molar-refractivity contribution in [3.63, 3.8) is 0 Å². The van der Waals surface area contributed by atoms with Crippen molar-refractivity contribution in [2.45, 2.75) is 6.42 Å². The van der Waals surface area contributed by atoms with Gasteiger partial charge in [0.25, 0.3) is 5.91 Å². The van der Waals surface area contributed by atoms with E-state index in [9.17, 15) is 4.79 Å².